The molecule has 0 heterocycles. The number of hydrogen-bond donors (Lipinski definition) is 1. The molecule has 0 aromatic heterocycles. The zero-order chi connectivity index (χ0) is 14.9. The second-order valence-electron chi connectivity index (χ2n) is 8.04. The summed E-state index contributed by atoms with van der Waals surface area (Å²) in [6.07, 6.45) is 8.09. The van der Waals surface area contributed by atoms with Crippen LogP contribution >= 0.6 is 0 Å². The number of nitrogens with one attached hydrogen (secondary N) is 1. The Bertz CT molecular complexity index is 390. The zero-order valence-electron chi connectivity index (χ0n) is 13.8. The highest BCUT2D eigenvalue weighted by atomic mass is 16.2. The van der Waals surface area contributed by atoms with Gasteiger partial charge in [-0.25, -0.2) is 0 Å². The molecule has 0 spiro atoms. The molecule has 1 saturated carbocycles. The fraction of sp³-hybridized carbons (Fsp3) is 0.833. The van der Waals surface area contributed by atoms with Crippen LogP contribution in [-0.4, -0.2) is 11.9 Å². The van der Waals surface area contributed by atoms with Crippen LogP contribution in [-0.2, 0) is 4.79 Å². The molecule has 1 amide bonds. The maximum atomic E-state index is 12.7. The minimum atomic E-state index is -0.300. The Labute approximate surface area is 124 Å². The van der Waals surface area contributed by atoms with E-state index in [0.717, 1.165) is 18.8 Å². The lowest BCUT2D eigenvalue weighted by Gasteiger charge is -2.40. The van der Waals surface area contributed by atoms with E-state index >= 15 is 0 Å². The summed E-state index contributed by atoms with van der Waals surface area (Å²) in [5, 5.41) is 3.24. The van der Waals surface area contributed by atoms with E-state index in [9.17, 15) is 4.79 Å². The topological polar surface area (TPSA) is 29.1 Å². The molecule has 1 fully saturated rings. The van der Waals surface area contributed by atoms with Crippen molar-refractivity contribution < 1.29 is 4.79 Å². The molecule has 3 aliphatic rings. The van der Waals surface area contributed by atoms with E-state index in [4.69, 9.17) is 0 Å². The molecule has 1 N–H and O–H groups in total. The maximum Gasteiger partial charge on any atom is 0.229 e. The molecule has 3 aliphatic carbocycles. The van der Waals surface area contributed by atoms with Crippen LogP contribution in [0, 0.1) is 23.2 Å². The van der Waals surface area contributed by atoms with Gasteiger partial charge in [-0.1, -0.05) is 32.4 Å². The van der Waals surface area contributed by atoms with Gasteiger partial charge in [0.1, 0.15) is 0 Å². The number of amides is 1. The molecule has 2 bridgehead atoms. The van der Waals surface area contributed by atoms with Crippen molar-refractivity contribution in [3.8, 4) is 0 Å². The lowest BCUT2D eigenvalue weighted by atomic mass is 9.65. The minimum absolute atomic E-state index is 0.232. The van der Waals surface area contributed by atoms with Crippen molar-refractivity contribution in [3.63, 3.8) is 0 Å². The highest BCUT2D eigenvalue weighted by Gasteiger charge is 2.39. The lowest BCUT2D eigenvalue weighted by Crippen LogP contribution is -2.44. The molecular weight excluding hydrogens is 246 g/mol. The normalized spacial score (nSPS) is 34.6. The predicted octanol–water partition coefficient (Wildman–Crippen LogP) is 4.31. The molecule has 3 atom stereocenters. The molecule has 114 valence electrons. The zero-order valence-corrected chi connectivity index (χ0v) is 13.8. The third-order valence-electron chi connectivity index (χ3n) is 4.85. The van der Waals surface area contributed by atoms with Crippen molar-refractivity contribution in [2.45, 2.75) is 72.8 Å². The van der Waals surface area contributed by atoms with E-state index < -0.39 is 0 Å². The summed E-state index contributed by atoms with van der Waals surface area (Å²) in [5.41, 5.74) is 1.21. The number of fused-ring (bicyclic) bond motifs is 4. The summed E-state index contributed by atoms with van der Waals surface area (Å²) < 4.78 is 0. The van der Waals surface area contributed by atoms with Crippen LogP contribution in [0.2, 0.25) is 0 Å². The molecule has 3 unspecified atom stereocenters. The SMILES string of the molecule is CC(C)CC(C)NC(=O)C1(C)C=C2CC(C2)CC(C)C1. The van der Waals surface area contributed by atoms with E-state index in [1.54, 1.807) is 0 Å². The fourth-order valence-corrected chi connectivity index (χ4v) is 4.16. The third kappa shape index (κ3) is 3.65. The number of carbonyl (C=O) groups excluding carboxylic acids is 1. The van der Waals surface area contributed by atoms with Gasteiger partial charge in [0, 0.05) is 6.04 Å². The first-order valence-corrected chi connectivity index (χ1v) is 8.30. The Morgan fingerprint density at radius 1 is 1.40 bits per heavy atom. The molecule has 0 aliphatic heterocycles. The van der Waals surface area contributed by atoms with E-state index in [0.29, 0.717) is 11.8 Å². The Balaban J connectivity index is 2.05. The first kappa shape index (κ1) is 15.6. The monoisotopic (exact) mass is 277 g/mol. The fourth-order valence-electron chi connectivity index (χ4n) is 4.16. The average Bonchev–Trinajstić information content (AvgIpc) is 2.21. The van der Waals surface area contributed by atoms with Crippen LogP contribution in [0.25, 0.3) is 0 Å². The third-order valence-corrected chi connectivity index (χ3v) is 4.85. The Morgan fingerprint density at radius 2 is 2.05 bits per heavy atom. The van der Waals surface area contributed by atoms with Gasteiger partial charge in [-0.2, -0.15) is 0 Å². The van der Waals surface area contributed by atoms with Gasteiger partial charge >= 0.3 is 0 Å². The van der Waals surface area contributed by atoms with E-state index in [1.807, 2.05) is 0 Å². The van der Waals surface area contributed by atoms with Crippen molar-refractivity contribution in [1.82, 2.24) is 5.32 Å². The largest absolute Gasteiger partial charge is 0.353 e. The van der Waals surface area contributed by atoms with E-state index in [1.165, 1.54) is 24.8 Å². The van der Waals surface area contributed by atoms with Crippen LogP contribution in [0.3, 0.4) is 0 Å². The average molecular weight is 277 g/mol. The smallest absolute Gasteiger partial charge is 0.229 e. The molecule has 0 radical (unpaired) electrons. The van der Waals surface area contributed by atoms with Crippen molar-refractivity contribution >= 4 is 5.91 Å². The van der Waals surface area contributed by atoms with Crippen LogP contribution in [0.5, 0.6) is 0 Å². The molecule has 0 aromatic rings. The molecule has 3 rings (SSSR count). The molecule has 0 aromatic carbocycles. The van der Waals surface area contributed by atoms with Gasteiger partial charge in [0.15, 0.2) is 0 Å². The summed E-state index contributed by atoms with van der Waals surface area (Å²) in [4.78, 5) is 12.7. The van der Waals surface area contributed by atoms with E-state index in [-0.39, 0.29) is 17.4 Å². The van der Waals surface area contributed by atoms with Crippen molar-refractivity contribution in [3.05, 3.63) is 11.6 Å². The van der Waals surface area contributed by atoms with Gasteiger partial charge in [-0.15, -0.1) is 0 Å². The maximum absolute atomic E-state index is 12.7. The van der Waals surface area contributed by atoms with Gasteiger partial charge in [-0.3, -0.25) is 4.79 Å². The van der Waals surface area contributed by atoms with Crippen molar-refractivity contribution in [2.24, 2.45) is 23.2 Å². The first-order chi connectivity index (χ1) is 9.28. The minimum Gasteiger partial charge on any atom is -0.353 e. The van der Waals surface area contributed by atoms with E-state index in [2.05, 4.69) is 46.0 Å². The summed E-state index contributed by atoms with van der Waals surface area (Å²) in [5.74, 6) is 2.40. The highest BCUT2D eigenvalue weighted by Crippen LogP contribution is 2.46. The van der Waals surface area contributed by atoms with Gasteiger partial charge < -0.3 is 5.32 Å². The Hall–Kier alpha value is -0.790. The van der Waals surface area contributed by atoms with Gasteiger partial charge in [0.05, 0.1) is 5.41 Å². The number of hydrogen-bond acceptors (Lipinski definition) is 1. The molecule has 2 heteroatoms. The van der Waals surface area contributed by atoms with Crippen molar-refractivity contribution in [2.75, 3.05) is 0 Å². The summed E-state index contributed by atoms with van der Waals surface area (Å²) in [6, 6.07) is 0.271. The number of allylic oxidation sites excluding steroid dienone is 1. The lowest BCUT2D eigenvalue weighted by molar-refractivity contribution is -0.129. The summed E-state index contributed by atoms with van der Waals surface area (Å²) in [7, 11) is 0. The van der Waals surface area contributed by atoms with Gasteiger partial charge in [0.25, 0.3) is 0 Å². The predicted molar refractivity (Wildman–Crippen MR) is 84.4 cm³/mol. The molecule has 20 heavy (non-hydrogen) atoms. The first-order valence-electron chi connectivity index (χ1n) is 8.30. The number of carbonyl (C=O) groups is 1. The van der Waals surface area contributed by atoms with Crippen LogP contribution < -0.4 is 5.32 Å². The standard InChI is InChI=1S/C18H31NO/c1-12(2)6-14(4)19-17(20)18(5)10-13(3)7-15-8-16(9-15)11-18/h11-15H,6-10H2,1-5H3,(H,19,20). The summed E-state index contributed by atoms with van der Waals surface area (Å²) >= 11 is 0. The molecule has 2 nitrogen and oxygen atoms in total. The second-order valence-corrected chi connectivity index (χ2v) is 8.04. The van der Waals surface area contributed by atoms with Crippen LogP contribution in [0.15, 0.2) is 11.6 Å². The van der Waals surface area contributed by atoms with Crippen LogP contribution in [0.1, 0.15) is 66.7 Å². The molecular formula is C18H31NO. The van der Waals surface area contributed by atoms with Crippen molar-refractivity contribution in [1.29, 1.82) is 0 Å². The quantitative estimate of drug-likeness (QED) is 0.762. The Morgan fingerprint density at radius 3 is 2.65 bits per heavy atom. The Kier molecular flexibility index (Phi) is 4.61. The van der Waals surface area contributed by atoms with Gasteiger partial charge in [0.2, 0.25) is 5.91 Å². The molecule has 0 saturated heterocycles. The number of rotatable bonds is 4. The second kappa shape index (κ2) is 5.91. The summed E-state index contributed by atoms with van der Waals surface area (Å²) in [6.45, 7) is 11.0. The highest BCUT2D eigenvalue weighted by molar-refractivity contribution is 5.84. The van der Waals surface area contributed by atoms with Gasteiger partial charge in [-0.05, 0) is 63.7 Å². The van der Waals surface area contributed by atoms with Crippen LogP contribution in [0.4, 0.5) is 0 Å².